The van der Waals surface area contributed by atoms with Crippen LogP contribution in [0.2, 0.25) is 0 Å². The van der Waals surface area contributed by atoms with Gasteiger partial charge in [0.2, 0.25) is 0 Å². The molecule has 2 aromatic heterocycles. The fourth-order valence-corrected chi connectivity index (χ4v) is 2.60. The molecule has 0 aliphatic rings. The van der Waals surface area contributed by atoms with Crippen LogP contribution < -0.4 is 5.32 Å². The highest BCUT2D eigenvalue weighted by Crippen LogP contribution is 2.22. The minimum absolute atomic E-state index is 0.195. The van der Waals surface area contributed by atoms with E-state index in [0.717, 1.165) is 5.01 Å². The largest absolute Gasteiger partial charge is 0.394 e. The van der Waals surface area contributed by atoms with Crippen molar-refractivity contribution in [1.82, 2.24) is 20.1 Å². The molecule has 0 saturated carbocycles. The predicted molar refractivity (Wildman–Crippen MR) is 76.7 cm³/mol. The highest BCUT2D eigenvalue weighted by Gasteiger charge is 2.19. The summed E-state index contributed by atoms with van der Waals surface area (Å²) in [4.78, 5) is 16.5. The van der Waals surface area contributed by atoms with Crippen molar-refractivity contribution in [2.24, 2.45) is 7.05 Å². The van der Waals surface area contributed by atoms with E-state index in [9.17, 15) is 9.90 Å². The van der Waals surface area contributed by atoms with Crippen LogP contribution in [0.25, 0.3) is 0 Å². The van der Waals surface area contributed by atoms with Gasteiger partial charge in [0, 0.05) is 24.5 Å². The SMILES string of the molecule is CC(C)c1nc(C(CO)NC(=O)c2ccn(C)n2)cs1. The van der Waals surface area contributed by atoms with E-state index in [1.165, 1.54) is 11.3 Å². The summed E-state index contributed by atoms with van der Waals surface area (Å²) in [5.41, 5.74) is 1.01. The number of carbonyl (C=O) groups excluding carboxylic acids is 1. The lowest BCUT2D eigenvalue weighted by molar-refractivity contribution is 0.0909. The second-order valence-electron chi connectivity index (χ2n) is 4.85. The van der Waals surface area contributed by atoms with Gasteiger partial charge in [0.15, 0.2) is 0 Å². The van der Waals surface area contributed by atoms with Crippen molar-refractivity contribution < 1.29 is 9.90 Å². The van der Waals surface area contributed by atoms with Crippen LogP contribution in [-0.2, 0) is 7.05 Å². The molecule has 0 aliphatic carbocycles. The van der Waals surface area contributed by atoms with Crippen LogP contribution in [-0.4, -0.2) is 32.4 Å². The Morgan fingerprint density at radius 3 is 2.80 bits per heavy atom. The van der Waals surface area contributed by atoms with Crippen molar-refractivity contribution in [2.75, 3.05) is 6.61 Å². The van der Waals surface area contributed by atoms with Crippen molar-refractivity contribution in [2.45, 2.75) is 25.8 Å². The number of nitrogens with one attached hydrogen (secondary N) is 1. The lowest BCUT2D eigenvalue weighted by Crippen LogP contribution is -2.31. The molecular weight excluding hydrogens is 276 g/mol. The number of aliphatic hydroxyl groups is 1. The maximum atomic E-state index is 12.0. The Bertz CT molecular complexity index is 591. The summed E-state index contributed by atoms with van der Waals surface area (Å²) in [5.74, 6) is 0.0170. The van der Waals surface area contributed by atoms with Crippen molar-refractivity contribution >= 4 is 17.2 Å². The van der Waals surface area contributed by atoms with Crippen LogP contribution in [0.1, 0.15) is 47.0 Å². The van der Waals surface area contributed by atoms with Crippen LogP contribution >= 0.6 is 11.3 Å². The molecule has 2 N–H and O–H groups in total. The van der Waals surface area contributed by atoms with Crippen LogP contribution in [0.5, 0.6) is 0 Å². The first-order chi connectivity index (χ1) is 9.51. The van der Waals surface area contributed by atoms with Gasteiger partial charge in [-0.1, -0.05) is 13.8 Å². The van der Waals surface area contributed by atoms with Gasteiger partial charge in [-0.05, 0) is 6.07 Å². The molecule has 2 aromatic rings. The lowest BCUT2D eigenvalue weighted by Gasteiger charge is -2.13. The Morgan fingerprint density at radius 1 is 1.55 bits per heavy atom. The fraction of sp³-hybridized carbons (Fsp3) is 0.462. The maximum absolute atomic E-state index is 12.0. The molecule has 1 amide bonds. The first kappa shape index (κ1) is 14.7. The molecule has 108 valence electrons. The quantitative estimate of drug-likeness (QED) is 0.875. The molecule has 20 heavy (non-hydrogen) atoms. The molecule has 0 bridgehead atoms. The second kappa shape index (κ2) is 6.15. The number of aliphatic hydroxyl groups excluding tert-OH is 1. The number of hydrogen-bond acceptors (Lipinski definition) is 5. The number of aromatic nitrogens is 3. The summed E-state index contributed by atoms with van der Waals surface area (Å²) in [6, 6.07) is 1.12. The molecule has 1 atom stereocenters. The standard InChI is InChI=1S/C13H18N4O2S/c1-8(2)13-15-11(7-20-13)10(6-18)14-12(19)9-4-5-17(3)16-9/h4-5,7-8,10,18H,6H2,1-3H3,(H,14,19). The number of nitrogens with zero attached hydrogens (tertiary/aromatic N) is 3. The van der Waals surface area contributed by atoms with Crippen molar-refractivity contribution in [3.63, 3.8) is 0 Å². The molecule has 2 rings (SSSR count). The minimum atomic E-state index is -0.506. The topological polar surface area (TPSA) is 80.0 Å². The Labute approximate surface area is 121 Å². The molecular formula is C13H18N4O2S. The monoisotopic (exact) mass is 294 g/mol. The Morgan fingerprint density at radius 2 is 2.30 bits per heavy atom. The molecule has 6 nitrogen and oxygen atoms in total. The molecule has 0 fully saturated rings. The van der Waals surface area contributed by atoms with E-state index >= 15 is 0 Å². The maximum Gasteiger partial charge on any atom is 0.272 e. The number of hydrogen-bond donors (Lipinski definition) is 2. The van der Waals surface area contributed by atoms with E-state index in [1.54, 1.807) is 24.0 Å². The molecule has 1 unspecified atom stereocenters. The Kier molecular flexibility index (Phi) is 4.51. The number of aryl methyl sites for hydroxylation is 1. The zero-order valence-corrected chi connectivity index (χ0v) is 12.5. The van der Waals surface area contributed by atoms with Crippen LogP contribution in [0.4, 0.5) is 0 Å². The summed E-state index contributed by atoms with van der Waals surface area (Å²) >= 11 is 1.54. The average Bonchev–Trinajstić information content (AvgIpc) is 3.04. The van der Waals surface area contributed by atoms with E-state index in [2.05, 4.69) is 29.2 Å². The van der Waals surface area contributed by atoms with Gasteiger partial charge in [0.25, 0.3) is 5.91 Å². The van der Waals surface area contributed by atoms with Crippen molar-refractivity contribution in [3.8, 4) is 0 Å². The summed E-state index contributed by atoms with van der Waals surface area (Å²) in [6.45, 7) is 3.92. The first-order valence-electron chi connectivity index (χ1n) is 6.38. The summed E-state index contributed by atoms with van der Waals surface area (Å²) in [5, 5.41) is 19.1. The zero-order chi connectivity index (χ0) is 14.7. The number of rotatable bonds is 5. The Balaban J connectivity index is 2.10. The third-order valence-electron chi connectivity index (χ3n) is 2.82. The van der Waals surface area contributed by atoms with Gasteiger partial charge in [-0.3, -0.25) is 9.48 Å². The third-order valence-corrected chi connectivity index (χ3v) is 3.99. The zero-order valence-electron chi connectivity index (χ0n) is 11.7. The van der Waals surface area contributed by atoms with Crippen LogP contribution in [0.3, 0.4) is 0 Å². The lowest BCUT2D eigenvalue weighted by atomic mass is 10.2. The smallest absolute Gasteiger partial charge is 0.272 e. The summed E-state index contributed by atoms with van der Waals surface area (Å²) in [7, 11) is 1.75. The summed E-state index contributed by atoms with van der Waals surface area (Å²) < 4.78 is 1.56. The predicted octanol–water partition coefficient (Wildman–Crippen LogP) is 1.46. The highest BCUT2D eigenvalue weighted by molar-refractivity contribution is 7.09. The fourth-order valence-electron chi connectivity index (χ4n) is 1.71. The van der Waals surface area contributed by atoms with Gasteiger partial charge in [0.05, 0.1) is 23.4 Å². The van der Waals surface area contributed by atoms with E-state index in [1.807, 2.05) is 5.38 Å². The first-order valence-corrected chi connectivity index (χ1v) is 7.26. The molecule has 0 aromatic carbocycles. The number of thiazole rings is 1. The van der Waals surface area contributed by atoms with Gasteiger partial charge < -0.3 is 10.4 Å². The molecule has 2 heterocycles. The van der Waals surface area contributed by atoms with Crippen molar-refractivity contribution in [1.29, 1.82) is 0 Å². The highest BCUT2D eigenvalue weighted by atomic mass is 32.1. The van der Waals surface area contributed by atoms with Gasteiger partial charge >= 0.3 is 0 Å². The van der Waals surface area contributed by atoms with Gasteiger partial charge in [-0.2, -0.15) is 5.10 Å². The number of carbonyl (C=O) groups is 1. The average molecular weight is 294 g/mol. The van der Waals surface area contributed by atoms with E-state index in [4.69, 9.17) is 0 Å². The molecule has 7 heteroatoms. The van der Waals surface area contributed by atoms with Crippen LogP contribution in [0.15, 0.2) is 17.6 Å². The molecule has 0 saturated heterocycles. The van der Waals surface area contributed by atoms with Gasteiger partial charge in [0.1, 0.15) is 5.69 Å². The Hall–Kier alpha value is -1.73. The number of amides is 1. The van der Waals surface area contributed by atoms with E-state index < -0.39 is 6.04 Å². The molecule has 0 radical (unpaired) electrons. The summed E-state index contributed by atoms with van der Waals surface area (Å²) in [6.07, 6.45) is 1.70. The third kappa shape index (κ3) is 3.23. The van der Waals surface area contributed by atoms with E-state index in [0.29, 0.717) is 17.3 Å². The molecule has 0 spiro atoms. The second-order valence-corrected chi connectivity index (χ2v) is 5.74. The van der Waals surface area contributed by atoms with E-state index in [-0.39, 0.29) is 12.5 Å². The van der Waals surface area contributed by atoms with Gasteiger partial charge in [-0.15, -0.1) is 11.3 Å². The van der Waals surface area contributed by atoms with Crippen LogP contribution in [0, 0.1) is 0 Å². The minimum Gasteiger partial charge on any atom is -0.394 e. The molecule has 0 aliphatic heterocycles. The van der Waals surface area contributed by atoms with Crippen molar-refractivity contribution in [3.05, 3.63) is 34.0 Å². The van der Waals surface area contributed by atoms with Gasteiger partial charge in [-0.25, -0.2) is 4.98 Å². The normalized spacial score (nSPS) is 12.7.